The fraction of sp³-hybridized carbons (Fsp3) is 0.650. The van der Waals surface area contributed by atoms with Gasteiger partial charge < -0.3 is 15.0 Å². The third kappa shape index (κ3) is 6.19. The van der Waals surface area contributed by atoms with E-state index in [1.165, 1.54) is 19.3 Å². The lowest BCUT2D eigenvalue weighted by molar-refractivity contribution is 0.0799. The van der Waals surface area contributed by atoms with Gasteiger partial charge in [0.05, 0.1) is 6.61 Å². The summed E-state index contributed by atoms with van der Waals surface area (Å²) in [6, 6.07) is 7.49. The molecule has 0 bridgehead atoms. The topological polar surface area (TPSA) is 41.6 Å². The molecule has 1 aliphatic rings. The summed E-state index contributed by atoms with van der Waals surface area (Å²) in [7, 11) is 4.25. The molecular weight excluding hydrogens is 336 g/mol. The van der Waals surface area contributed by atoms with Crippen molar-refractivity contribution < 1.29 is 9.53 Å². The summed E-state index contributed by atoms with van der Waals surface area (Å²) in [6.07, 6.45) is 8.24. The van der Waals surface area contributed by atoms with Gasteiger partial charge in [-0.05, 0) is 51.6 Å². The average molecular weight is 369 g/mol. The smallest absolute Gasteiger partial charge is 0.251 e. The number of carbonyl (C=O) groups is 1. The zero-order valence-electron chi connectivity index (χ0n) is 15.8. The number of nitrogens with one attached hydrogen (secondary N) is 1. The third-order valence-corrected chi connectivity index (χ3v) is 5.17. The van der Waals surface area contributed by atoms with E-state index in [-0.39, 0.29) is 23.9 Å². The Labute approximate surface area is 158 Å². The summed E-state index contributed by atoms with van der Waals surface area (Å²) in [6.45, 7) is 3.55. The quantitative estimate of drug-likeness (QED) is 0.696. The Morgan fingerprint density at radius 3 is 2.60 bits per heavy atom. The first-order valence-corrected chi connectivity index (χ1v) is 9.26. The molecule has 5 heteroatoms. The SMILES string of the molecule is CCCCOc1cccc(C(=O)NCC2(N(C)C)CCCCC2)c1.Cl. The first-order valence-electron chi connectivity index (χ1n) is 9.26. The van der Waals surface area contributed by atoms with Crippen LogP contribution in [-0.2, 0) is 0 Å². The van der Waals surface area contributed by atoms with E-state index < -0.39 is 0 Å². The van der Waals surface area contributed by atoms with E-state index in [2.05, 4.69) is 31.2 Å². The van der Waals surface area contributed by atoms with Gasteiger partial charge in [0.15, 0.2) is 0 Å². The van der Waals surface area contributed by atoms with Gasteiger partial charge in [0, 0.05) is 17.6 Å². The summed E-state index contributed by atoms with van der Waals surface area (Å²) in [4.78, 5) is 14.8. The fourth-order valence-electron chi connectivity index (χ4n) is 3.40. The average Bonchev–Trinajstić information content (AvgIpc) is 2.61. The second-order valence-corrected chi connectivity index (χ2v) is 7.09. The zero-order valence-corrected chi connectivity index (χ0v) is 16.7. The van der Waals surface area contributed by atoms with E-state index in [0.717, 1.165) is 31.4 Å². The molecule has 1 saturated carbocycles. The van der Waals surface area contributed by atoms with Crippen LogP contribution >= 0.6 is 12.4 Å². The van der Waals surface area contributed by atoms with E-state index in [4.69, 9.17) is 4.74 Å². The largest absolute Gasteiger partial charge is 0.494 e. The lowest BCUT2D eigenvalue weighted by Crippen LogP contribution is -2.53. The van der Waals surface area contributed by atoms with Crippen molar-refractivity contribution in [2.75, 3.05) is 27.2 Å². The van der Waals surface area contributed by atoms with Crippen LogP contribution in [0.15, 0.2) is 24.3 Å². The molecular formula is C20H33ClN2O2. The van der Waals surface area contributed by atoms with Crippen LogP contribution < -0.4 is 10.1 Å². The number of ether oxygens (including phenoxy) is 1. The molecule has 0 aliphatic heterocycles. The molecule has 0 saturated heterocycles. The van der Waals surface area contributed by atoms with Crippen molar-refractivity contribution in [2.24, 2.45) is 0 Å². The number of benzene rings is 1. The summed E-state index contributed by atoms with van der Waals surface area (Å²) < 4.78 is 5.70. The molecule has 4 nitrogen and oxygen atoms in total. The van der Waals surface area contributed by atoms with Crippen LogP contribution in [0.5, 0.6) is 5.75 Å². The molecule has 1 aliphatic carbocycles. The molecule has 1 aromatic rings. The highest BCUT2D eigenvalue weighted by atomic mass is 35.5. The molecule has 0 radical (unpaired) electrons. The molecule has 142 valence electrons. The molecule has 0 heterocycles. The Balaban J connectivity index is 0.00000312. The van der Waals surface area contributed by atoms with Crippen molar-refractivity contribution in [1.82, 2.24) is 10.2 Å². The number of likely N-dealkylation sites (N-methyl/N-ethyl adjacent to an activating group) is 1. The standard InChI is InChI=1S/C20H32N2O2.ClH/c1-4-5-14-24-18-11-9-10-17(15-18)19(23)21-16-20(22(2)3)12-7-6-8-13-20;/h9-11,15H,4-8,12-14,16H2,1-3H3,(H,21,23);1H. The Morgan fingerprint density at radius 2 is 1.96 bits per heavy atom. The molecule has 0 aromatic heterocycles. The number of rotatable bonds is 8. The normalized spacial score (nSPS) is 16.2. The Morgan fingerprint density at radius 1 is 1.24 bits per heavy atom. The first kappa shape index (κ1) is 21.8. The summed E-state index contributed by atoms with van der Waals surface area (Å²) in [5, 5.41) is 3.15. The summed E-state index contributed by atoms with van der Waals surface area (Å²) >= 11 is 0. The summed E-state index contributed by atoms with van der Waals surface area (Å²) in [5.41, 5.74) is 0.775. The van der Waals surface area contributed by atoms with Gasteiger partial charge in [-0.1, -0.05) is 38.7 Å². The number of carbonyl (C=O) groups excluding carboxylic acids is 1. The highest BCUT2D eigenvalue weighted by molar-refractivity contribution is 5.94. The lowest BCUT2D eigenvalue weighted by atomic mass is 9.80. The van der Waals surface area contributed by atoms with E-state index >= 15 is 0 Å². The molecule has 1 amide bonds. The van der Waals surface area contributed by atoms with Crippen molar-refractivity contribution in [3.05, 3.63) is 29.8 Å². The molecule has 0 unspecified atom stereocenters. The van der Waals surface area contributed by atoms with Gasteiger partial charge in [0.2, 0.25) is 0 Å². The predicted octanol–water partition coefficient (Wildman–Crippen LogP) is 4.28. The minimum Gasteiger partial charge on any atom is -0.494 e. The van der Waals surface area contributed by atoms with Crippen molar-refractivity contribution >= 4 is 18.3 Å². The van der Waals surface area contributed by atoms with Crippen molar-refractivity contribution in [1.29, 1.82) is 0 Å². The monoisotopic (exact) mass is 368 g/mol. The minimum absolute atomic E-state index is 0. The van der Waals surface area contributed by atoms with Crippen LogP contribution in [0.4, 0.5) is 0 Å². The summed E-state index contributed by atoms with van der Waals surface area (Å²) in [5.74, 6) is 0.763. The zero-order chi connectivity index (χ0) is 17.4. The molecule has 0 spiro atoms. The van der Waals surface area contributed by atoms with Gasteiger partial charge >= 0.3 is 0 Å². The second kappa shape index (κ2) is 10.7. The van der Waals surface area contributed by atoms with Gasteiger partial charge in [0.25, 0.3) is 5.91 Å². The van der Waals surface area contributed by atoms with Crippen LogP contribution in [0.1, 0.15) is 62.2 Å². The van der Waals surface area contributed by atoms with Crippen LogP contribution in [0.3, 0.4) is 0 Å². The van der Waals surface area contributed by atoms with Crippen LogP contribution in [0, 0.1) is 0 Å². The van der Waals surface area contributed by atoms with Gasteiger partial charge in [-0.15, -0.1) is 12.4 Å². The van der Waals surface area contributed by atoms with Gasteiger partial charge in [0.1, 0.15) is 5.75 Å². The molecule has 2 rings (SSSR count). The number of hydrogen-bond donors (Lipinski definition) is 1. The van der Waals surface area contributed by atoms with Gasteiger partial charge in [-0.3, -0.25) is 4.79 Å². The van der Waals surface area contributed by atoms with E-state index in [0.29, 0.717) is 18.7 Å². The lowest BCUT2D eigenvalue weighted by Gasteiger charge is -2.43. The van der Waals surface area contributed by atoms with Gasteiger partial charge in [-0.25, -0.2) is 0 Å². The van der Waals surface area contributed by atoms with Crippen LogP contribution in [0.2, 0.25) is 0 Å². The van der Waals surface area contributed by atoms with Crippen molar-refractivity contribution in [3.63, 3.8) is 0 Å². The van der Waals surface area contributed by atoms with E-state index in [1.807, 2.05) is 24.3 Å². The fourth-order valence-corrected chi connectivity index (χ4v) is 3.40. The number of halogens is 1. The second-order valence-electron chi connectivity index (χ2n) is 7.09. The number of unbranched alkanes of at least 4 members (excludes halogenated alkanes) is 1. The molecule has 1 fully saturated rings. The molecule has 0 atom stereocenters. The predicted molar refractivity (Wildman–Crippen MR) is 106 cm³/mol. The number of hydrogen-bond acceptors (Lipinski definition) is 3. The molecule has 25 heavy (non-hydrogen) atoms. The van der Waals surface area contributed by atoms with E-state index in [1.54, 1.807) is 0 Å². The maximum atomic E-state index is 12.5. The highest BCUT2D eigenvalue weighted by Gasteiger charge is 2.34. The minimum atomic E-state index is -0.0114. The number of amides is 1. The first-order chi connectivity index (χ1) is 11.6. The molecule has 1 N–H and O–H groups in total. The van der Waals surface area contributed by atoms with Crippen molar-refractivity contribution in [2.45, 2.75) is 57.4 Å². The van der Waals surface area contributed by atoms with Crippen LogP contribution in [0.25, 0.3) is 0 Å². The van der Waals surface area contributed by atoms with Crippen molar-refractivity contribution in [3.8, 4) is 5.75 Å². The maximum absolute atomic E-state index is 12.5. The number of nitrogens with zero attached hydrogens (tertiary/aromatic N) is 1. The Bertz CT molecular complexity index is 528. The Kier molecular flexibility index (Phi) is 9.30. The third-order valence-electron chi connectivity index (χ3n) is 5.17. The van der Waals surface area contributed by atoms with E-state index in [9.17, 15) is 4.79 Å². The Hall–Kier alpha value is -1.26. The molecule has 1 aromatic carbocycles. The van der Waals surface area contributed by atoms with Crippen LogP contribution in [-0.4, -0.2) is 43.6 Å². The maximum Gasteiger partial charge on any atom is 0.251 e. The van der Waals surface area contributed by atoms with Gasteiger partial charge in [-0.2, -0.15) is 0 Å². The highest BCUT2D eigenvalue weighted by Crippen LogP contribution is 2.31.